The maximum absolute atomic E-state index is 5.53. The summed E-state index contributed by atoms with van der Waals surface area (Å²) < 4.78 is 10.6. The van der Waals surface area contributed by atoms with Crippen LogP contribution in [0.5, 0.6) is 0 Å². The zero-order valence-corrected chi connectivity index (χ0v) is 11.3. The topological polar surface area (TPSA) is 87.1 Å². The highest BCUT2D eigenvalue weighted by Gasteiger charge is 2.22. The maximum Gasteiger partial charge on any atom is 0.276 e. The zero-order chi connectivity index (χ0) is 13.8. The Hall–Kier alpha value is -1.79. The number of methoxy groups -OCH3 is 1. The Kier molecular flexibility index (Phi) is 4.24. The molecule has 2 aromatic heterocycles. The average Bonchev–Trinajstić information content (AvgIpc) is 2.89. The molecule has 2 heterocycles. The minimum atomic E-state index is -0.180. The van der Waals surface area contributed by atoms with Gasteiger partial charge in [-0.2, -0.15) is 4.98 Å². The van der Waals surface area contributed by atoms with Crippen LogP contribution >= 0.6 is 0 Å². The van der Waals surface area contributed by atoms with E-state index in [0.29, 0.717) is 24.0 Å². The van der Waals surface area contributed by atoms with Crippen LogP contribution in [-0.2, 0) is 11.3 Å². The van der Waals surface area contributed by atoms with Gasteiger partial charge in [0.25, 0.3) is 5.89 Å². The Bertz CT molecular complexity index is 522. The summed E-state index contributed by atoms with van der Waals surface area (Å²) in [6, 6.07) is 3.71. The Morgan fingerprint density at radius 3 is 2.68 bits per heavy atom. The van der Waals surface area contributed by atoms with Crippen molar-refractivity contribution in [3.05, 3.63) is 29.7 Å². The minimum Gasteiger partial charge on any atom is -0.373 e. The first kappa shape index (κ1) is 13.6. The van der Waals surface area contributed by atoms with Crippen molar-refractivity contribution in [2.24, 2.45) is 11.7 Å². The molecular weight excluding hydrogens is 244 g/mol. The molecule has 0 aromatic carbocycles. The fourth-order valence-electron chi connectivity index (χ4n) is 1.80. The first-order chi connectivity index (χ1) is 9.15. The standard InChI is InChI=1S/C13H18N4O2/c1-8(2)11(18-3)12-16-13(19-17-12)10-5-4-9(6-14)7-15-10/h4-5,7-8,11H,6,14H2,1-3H3. The van der Waals surface area contributed by atoms with Gasteiger partial charge in [0.2, 0.25) is 5.82 Å². The third-order valence-electron chi connectivity index (χ3n) is 2.84. The molecule has 1 unspecified atom stereocenters. The molecule has 2 N–H and O–H groups in total. The first-order valence-electron chi connectivity index (χ1n) is 6.17. The number of nitrogens with two attached hydrogens (primary N) is 1. The van der Waals surface area contributed by atoms with Crippen LogP contribution in [0.15, 0.2) is 22.9 Å². The number of ether oxygens (including phenoxy) is 1. The summed E-state index contributed by atoms with van der Waals surface area (Å²) >= 11 is 0. The second-order valence-corrected chi connectivity index (χ2v) is 4.61. The molecule has 0 amide bonds. The molecule has 0 aliphatic heterocycles. The summed E-state index contributed by atoms with van der Waals surface area (Å²) in [6.07, 6.45) is 1.52. The van der Waals surface area contributed by atoms with E-state index in [1.54, 1.807) is 13.3 Å². The molecule has 6 nitrogen and oxygen atoms in total. The Morgan fingerprint density at radius 1 is 1.37 bits per heavy atom. The van der Waals surface area contributed by atoms with Gasteiger partial charge in [-0.25, -0.2) is 0 Å². The summed E-state index contributed by atoms with van der Waals surface area (Å²) in [7, 11) is 1.63. The van der Waals surface area contributed by atoms with Gasteiger partial charge in [-0.3, -0.25) is 4.98 Å². The van der Waals surface area contributed by atoms with Crippen molar-refractivity contribution in [1.82, 2.24) is 15.1 Å². The van der Waals surface area contributed by atoms with Crippen LogP contribution in [-0.4, -0.2) is 22.2 Å². The quantitative estimate of drug-likeness (QED) is 0.886. The molecule has 0 radical (unpaired) electrons. The lowest BCUT2D eigenvalue weighted by atomic mass is 10.1. The maximum atomic E-state index is 5.53. The predicted molar refractivity (Wildman–Crippen MR) is 70.0 cm³/mol. The Morgan fingerprint density at radius 2 is 2.16 bits per heavy atom. The molecule has 19 heavy (non-hydrogen) atoms. The van der Waals surface area contributed by atoms with Gasteiger partial charge >= 0.3 is 0 Å². The van der Waals surface area contributed by atoms with Crippen molar-refractivity contribution in [3.8, 4) is 11.6 Å². The summed E-state index contributed by atoms with van der Waals surface area (Å²) in [4.78, 5) is 8.58. The molecule has 0 saturated heterocycles. The third-order valence-corrected chi connectivity index (χ3v) is 2.84. The minimum absolute atomic E-state index is 0.180. The van der Waals surface area contributed by atoms with Crippen molar-refractivity contribution in [2.75, 3.05) is 7.11 Å². The van der Waals surface area contributed by atoms with E-state index in [1.165, 1.54) is 0 Å². The van der Waals surface area contributed by atoms with Gasteiger partial charge in [-0.15, -0.1) is 0 Å². The van der Waals surface area contributed by atoms with Gasteiger partial charge in [0, 0.05) is 19.9 Å². The van der Waals surface area contributed by atoms with Crippen LogP contribution in [0, 0.1) is 5.92 Å². The molecule has 1 atom stereocenters. The number of nitrogens with zero attached hydrogens (tertiary/aromatic N) is 3. The van der Waals surface area contributed by atoms with Gasteiger partial charge in [-0.05, 0) is 17.5 Å². The predicted octanol–water partition coefficient (Wildman–Crippen LogP) is 1.93. The highest BCUT2D eigenvalue weighted by Crippen LogP contribution is 2.24. The fourth-order valence-corrected chi connectivity index (χ4v) is 1.80. The molecule has 0 aliphatic carbocycles. The van der Waals surface area contributed by atoms with Crippen molar-refractivity contribution >= 4 is 0 Å². The second-order valence-electron chi connectivity index (χ2n) is 4.61. The molecule has 2 aromatic rings. The van der Waals surface area contributed by atoms with E-state index in [4.69, 9.17) is 15.0 Å². The lowest BCUT2D eigenvalue weighted by molar-refractivity contribution is 0.0556. The van der Waals surface area contributed by atoms with Crippen molar-refractivity contribution < 1.29 is 9.26 Å². The number of aromatic nitrogens is 3. The van der Waals surface area contributed by atoms with Crippen molar-refractivity contribution in [2.45, 2.75) is 26.5 Å². The van der Waals surface area contributed by atoms with Gasteiger partial charge in [0.1, 0.15) is 11.8 Å². The van der Waals surface area contributed by atoms with E-state index in [1.807, 2.05) is 26.0 Å². The van der Waals surface area contributed by atoms with E-state index in [2.05, 4.69) is 15.1 Å². The van der Waals surface area contributed by atoms with Crippen molar-refractivity contribution in [3.63, 3.8) is 0 Å². The number of pyridine rings is 1. The monoisotopic (exact) mass is 262 g/mol. The smallest absolute Gasteiger partial charge is 0.276 e. The Labute approximate surface area is 112 Å². The number of hydrogen-bond acceptors (Lipinski definition) is 6. The van der Waals surface area contributed by atoms with Crippen LogP contribution in [0.4, 0.5) is 0 Å². The summed E-state index contributed by atoms with van der Waals surface area (Å²) in [5.74, 6) is 1.20. The van der Waals surface area contributed by atoms with Crippen molar-refractivity contribution in [1.29, 1.82) is 0 Å². The van der Waals surface area contributed by atoms with Gasteiger partial charge in [0.15, 0.2) is 0 Å². The van der Waals surface area contributed by atoms with Gasteiger partial charge in [0.05, 0.1) is 0 Å². The lowest BCUT2D eigenvalue weighted by Gasteiger charge is -2.14. The molecule has 0 spiro atoms. The summed E-state index contributed by atoms with van der Waals surface area (Å²) in [5.41, 5.74) is 7.12. The number of hydrogen-bond donors (Lipinski definition) is 1. The molecule has 0 aliphatic rings. The fraction of sp³-hybridized carbons (Fsp3) is 0.462. The lowest BCUT2D eigenvalue weighted by Crippen LogP contribution is -2.10. The Balaban J connectivity index is 2.24. The molecule has 0 fully saturated rings. The molecule has 0 saturated carbocycles. The first-order valence-corrected chi connectivity index (χ1v) is 6.17. The van der Waals surface area contributed by atoms with Crippen LogP contribution in [0.25, 0.3) is 11.6 Å². The van der Waals surface area contributed by atoms with Crippen LogP contribution in [0.2, 0.25) is 0 Å². The van der Waals surface area contributed by atoms with E-state index in [9.17, 15) is 0 Å². The van der Waals surface area contributed by atoms with E-state index < -0.39 is 0 Å². The molecular formula is C13H18N4O2. The molecule has 2 rings (SSSR count). The third kappa shape index (κ3) is 2.97. The van der Waals surface area contributed by atoms with Crippen LogP contribution in [0.3, 0.4) is 0 Å². The number of rotatable bonds is 5. The zero-order valence-electron chi connectivity index (χ0n) is 11.3. The van der Waals surface area contributed by atoms with Gasteiger partial charge < -0.3 is 15.0 Å². The average molecular weight is 262 g/mol. The molecule has 6 heteroatoms. The second kappa shape index (κ2) is 5.90. The highest BCUT2D eigenvalue weighted by atomic mass is 16.5. The van der Waals surface area contributed by atoms with E-state index in [0.717, 1.165) is 5.56 Å². The molecule has 0 bridgehead atoms. The van der Waals surface area contributed by atoms with Crippen LogP contribution in [0.1, 0.15) is 31.3 Å². The highest BCUT2D eigenvalue weighted by molar-refractivity contribution is 5.46. The SMILES string of the molecule is COC(c1noc(-c2ccc(CN)cn2)n1)C(C)C. The summed E-state index contributed by atoms with van der Waals surface area (Å²) in [5, 5.41) is 3.95. The largest absolute Gasteiger partial charge is 0.373 e. The van der Waals surface area contributed by atoms with Crippen LogP contribution < -0.4 is 5.73 Å². The van der Waals surface area contributed by atoms with E-state index >= 15 is 0 Å². The normalized spacial score (nSPS) is 12.9. The van der Waals surface area contributed by atoms with Gasteiger partial charge in [-0.1, -0.05) is 25.1 Å². The van der Waals surface area contributed by atoms with E-state index in [-0.39, 0.29) is 12.0 Å². The molecule has 102 valence electrons. The summed E-state index contributed by atoms with van der Waals surface area (Å²) in [6.45, 7) is 4.54.